The SMILES string of the molecule is CC(C)C.Cc1ccc(N2CCN(C)CC2)cc1N. The second kappa shape index (κ2) is 7.39. The van der Waals surface area contributed by atoms with Gasteiger partial charge in [-0.25, -0.2) is 0 Å². The molecule has 0 amide bonds. The van der Waals surface area contributed by atoms with Gasteiger partial charge in [0, 0.05) is 37.6 Å². The Bertz CT molecular complexity index is 377. The Hall–Kier alpha value is -1.22. The molecule has 0 spiro atoms. The Kier molecular flexibility index (Phi) is 6.16. The first-order valence-corrected chi connectivity index (χ1v) is 7.19. The van der Waals surface area contributed by atoms with Crippen LogP contribution < -0.4 is 10.6 Å². The van der Waals surface area contributed by atoms with E-state index in [0.717, 1.165) is 43.3 Å². The van der Waals surface area contributed by atoms with Crippen molar-refractivity contribution in [3.63, 3.8) is 0 Å². The molecule has 0 aliphatic carbocycles. The summed E-state index contributed by atoms with van der Waals surface area (Å²) in [5.41, 5.74) is 9.23. The quantitative estimate of drug-likeness (QED) is 0.791. The summed E-state index contributed by atoms with van der Waals surface area (Å²) in [6, 6.07) is 6.35. The number of benzene rings is 1. The standard InChI is InChI=1S/C12H19N3.C4H10/c1-10-3-4-11(9-12(10)13)15-7-5-14(2)6-8-15;1-4(2)3/h3-4,9H,5-8,13H2,1-2H3;4H,1-3H3. The van der Waals surface area contributed by atoms with Crippen LogP contribution >= 0.6 is 0 Å². The zero-order valence-electron chi connectivity index (χ0n) is 13.1. The molecule has 1 aliphatic rings. The fourth-order valence-electron chi connectivity index (χ4n) is 1.89. The minimum absolute atomic E-state index is 0.833. The zero-order valence-corrected chi connectivity index (χ0v) is 13.1. The number of aryl methyl sites for hydroxylation is 1. The van der Waals surface area contributed by atoms with Crippen LogP contribution in [0.5, 0.6) is 0 Å². The largest absolute Gasteiger partial charge is 0.398 e. The molecule has 0 saturated carbocycles. The lowest BCUT2D eigenvalue weighted by Gasteiger charge is -2.34. The molecule has 1 heterocycles. The Morgan fingerprint density at radius 3 is 2.05 bits per heavy atom. The summed E-state index contributed by atoms with van der Waals surface area (Å²) < 4.78 is 0. The van der Waals surface area contributed by atoms with Crippen molar-refractivity contribution in [2.24, 2.45) is 5.92 Å². The molecule has 1 aromatic carbocycles. The van der Waals surface area contributed by atoms with Crippen LogP contribution in [-0.2, 0) is 0 Å². The van der Waals surface area contributed by atoms with E-state index in [-0.39, 0.29) is 0 Å². The number of rotatable bonds is 1. The Morgan fingerprint density at radius 1 is 1.05 bits per heavy atom. The van der Waals surface area contributed by atoms with E-state index >= 15 is 0 Å². The molecule has 0 unspecified atom stereocenters. The molecule has 3 heteroatoms. The first kappa shape index (κ1) is 15.8. The summed E-state index contributed by atoms with van der Waals surface area (Å²) in [7, 11) is 2.17. The fraction of sp³-hybridized carbons (Fsp3) is 0.625. The van der Waals surface area contributed by atoms with Crippen LogP contribution in [0.25, 0.3) is 0 Å². The smallest absolute Gasteiger partial charge is 0.0387 e. The third-order valence-corrected chi connectivity index (χ3v) is 3.13. The monoisotopic (exact) mass is 263 g/mol. The van der Waals surface area contributed by atoms with Crippen molar-refractivity contribution in [1.29, 1.82) is 0 Å². The number of hydrogen-bond donors (Lipinski definition) is 1. The van der Waals surface area contributed by atoms with E-state index < -0.39 is 0 Å². The fourth-order valence-corrected chi connectivity index (χ4v) is 1.89. The van der Waals surface area contributed by atoms with E-state index in [9.17, 15) is 0 Å². The van der Waals surface area contributed by atoms with Crippen molar-refractivity contribution in [2.45, 2.75) is 27.7 Å². The van der Waals surface area contributed by atoms with Crippen LogP contribution in [-0.4, -0.2) is 38.1 Å². The van der Waals surface area contributed by atoms with Crippen LogP contribution in [0.15, 0.2) is 18.2 Å². The van der Waals surface area contributed by atoms with Crippen LogP contribution in [0.3, 0.4) is 0 Å². The van der Waals surface area contributed by atoms with Gasteiger partial charge in [0.05, 0.1) is 0 Å². The number of nitrogens with zero attached hydrogens (tertiary/aromatic N) is 2. The topological polar surface area (TPSA) is 32.5 Å². The molecule has 1 aliphatic heterocycles. The van der Waals surface area contributed by atoms with Crippen molar-refractivity contribution in [3.05, 3.63) is 23.8 Å². The van der Waals surface area contributed by atoms with Crippen molar-refractivity contribution in [1.82, 2.24) is 4.90 Å². The molecule has 108 valence electrons. The van der Waals surface area contributed by atoms with Gasteiger partial charge in [0.1, 0.15) is 0 Å². The predicted molar refractivity (Wildman–Crippen MR) is 85.8 cm³/mol. The third kappa shape index (κ3) is 5.52. The number of anilines is 2. The second-order valence-electron chi connectivity index (χ2n) is 6.06. The molecule has 0 radical (unpaired) electrons. The Morgan fingerprint density at radius 2 is 1.58 bits per heavy atom. The molecular formula is C16H29N3. The van der Waals surface area contributed by atoms with E-state index in [2.05, 4.69) is 55.8 Å². The molecule has 2 rings (SSSR count). The van der Waals surface area contributed by atoms with E-state index in [0.29, 0.717) is 0 Å². The summed E-state index contributed by atoms with van der Waals surface area (Å²) in [5, 5.41) is 0. The van der Waals surface area contributed by atoms with Crippen LogP contribution in [0.2, 0.25) is 0 Å². The molecule has 0 aromatic heterocycles. The molecule has 19 heavy (non-hydrogen) atoms. The summed E-state index contributed by atoms with van der Waals surface area (Å²) in [4.78, 5) is 4.75. The van der Waals surface area contributed by atoms with Gasteiger partial charge in [-0.1, -0.05) is 26.8 Å². The molecule has 0 bridgehead atoms. The predicted octanol–water partition coefficient (Wildman–Crippen LogP) is 2.99. The first-order valence-electron chi connectivity index (χ1n) is 7.19. The van der Waals surface area contributed by atoms with E-state index in [1.165, 1.54) is 5.69 Å². The van der Waals surface area contributed by atoms with Gasteiger partial charge in [-0.3, -0.25) is 0 Å². The average molecular weight is 263 g/mol. The lowest BCUT2D eigenvalue weighted by molar-refractivity contribution is 0.313. The summed E-state index contributed by atoms with van der Waals surface area (Å²) in [6.45, 7) is 13.0. The molecule has 0 atom stereocenters. The van der Waals surface area contributed by atoms with Gasteiger partial charge in [-0.2, -0.15) is 0 Å². The van der Waals surface area contributed by atoms with Gasteiger partial charge in [-0.05, 0) is 37.6 Å². The number of nitrogens with two attached hydrogens (primary N) is 1. The van der Waals surface area contributed by atoms with Crippen LogP contribution in [0, 0.1) is 12.8 Å². The van der Waals surface area contributed by atoms with Gasteiger partial charge in [0.25, 0.3) is 0 Å². The van der Waals surface area contributed by atoms with Gasteiger partial charge in [0.15, 0.2) is 0 Å². The highest BCUT2D eigenvalue weighted by molar-refractivity contribution is 5.59. The maximum absolute atomic E-state index is 5.92. The molecule has 1 saturated heterocycles. The minimum atomic E-state index is 0.833. The van der Waals surface area contributed by atoms with Crippen molar-refractivity contribution in [3.8, 4) is 0 Å². The van der Waals surface area contributed by atoms with Gasteiger partial charge in [0.2, 0.25) is 0 Å². The van der Waals surface area contributed by atoms with E-state index in [1.807, 2.05) is 6.92 Å². The molecule has 3 nitrogen and oxygen atoms in total. The molecular weight excluding hydrogens is 234 g/mol. The number of likely N-dealkylation sites (N-methyl/N-ethyl adjacent to an activating group) is 1. The highest BCUT2D eigenvalue weighted by Crippen LogP contribution is 2.21. The number of piperazine rings is 1. The van der Waals surface area contributed by atoms with E-state index in [1.54, 1.807) is 0 Å². The highest BCUT2D eigenvalue weighted by Gasteiger charge is 2.14. The van der Waals surface area contributed by atoms with Gasteiger partial charge in [-0.15, -0.1) is 0 Å². The zero-order chi connectivity index (χ0) is 14.4. The highest BCUT2D eigenvalue weighted by atomic mass is 15.2. The normalized spacial score (nSPS) is 16.2. The Balaban J connectivity index is 0.000000399. The number of hydrogen-bond acceptors (Lipinski definition) is 3. The second-order valence-corrected chi connectivity index (χ2v) is 6.06. The maximum Gasteiger partial charge on any atom is 0.0387 e. The lowest BCUT2D eigenvalue weighted by Crippen LogP contribution is -2.44. The first-order chi connectivity index (χ1) is 8.90. The third-order valence-electron chi connectivity index (χ3n) is 3.13. The van der Waals surface area contributed by atoms with Crippen molar-refractivity contribution >= 4 is 11.4 Å². The Labute approximate surface area is 118 Å². The molecule has 1 fully saturated rings. The summed E-state index contributed by atoms with van der Waals surface area (Å²) in [5.74, 6) is 0.833. The lowest BCUT2D eigenvalue weighted by atomic mass is 10.1. The van der Waals surface area contributed by atoms with Crippen molar-refractivity contribution < 1.29 is 0 Å². The maximum atomic E-state index is 5.92. The van der Waals surface area contributed by atoms with Gasteiger partial charge >= 0.3 is 0 Å². The van der Waals surface area contributed by atoms with Gasteiger partial charge < -0.3 is 15.5 Å². The van der Waals surface area contributed by atoms with Crippen LogP contribution in [0.4, 0.5) is 11.4 Å². The van der Waals surface area contributed by atoms with Crippen molar-refractivity contribution in [2.75, 3.05) is 43.9 Å². The summed E-state index contributed by atoms with van der Waals surface area (Å²) >= 11 is 0. The van der Waals surface area contributed by atoms with E-state index in [4.69, 9.17) is 5.73 Å². The number of nitrogen functional groups attached to an aromatic ring is 1. The molecule has 2 N–H and O–H groups in total. The average Bonchev–Trinajstić information content (AvgIpc) is 2.33. The summed E-state index contributed by atoms with van der Waals surface area (Å²) in [6.07, 6.45) is 0. The minimum Gasteiger partial charge on any atom is -0.398 e. The van der Waals surface area contributed by atoms with Crippen LogP contribution in [0.1, 0.15) is 26.3 Å². The molecule has 1 aromatic rings.